The number of ether oxygens (including phenoxy) is 2. The fourth-order valence-corrected chi connectivity index (χ4v) is 5.69. The van der Waals surface area contributed by atoms with Gasteiger partial charge in [0.05, 0.1) is 29.3 Å². The molecule has 2 heterocycles. The van der Waals surface area contributed by atoms with Crippen LogP contribution in [-0.2, 0) is 10.3 Å². The number of carbonyl (C=O) groups is 1. The lowest BCUT2D eigenvalue weighted by molar-refractivity contribution is 0.102. The van der Waals surface area contributed by atoms with Gasteiger partial charge in [-0.15, -0.1) is 12.3 Å². The van der Waals surface area contributed by atoms with Crippen molar-refractivity contribution in [3.63, 3.8) is 0 Å². The number of rotatable bonds is 8. The van der Waals surface area contributed by atoms with Gasteiger partial charge in [0.1, 0.15) is 18.1 Å². The second kappa shape index (κ2) is 9.00. The molecular formula is C23H24FN5O3S. The molecule has 1 fully saturated rings. The summed E-state index contributed by atoms with van der Waals surface area (Å²) >= 11 is 1.48. The average Bonchev–Trinajstić information content (AvgIpc) is 3.50. The minimum absolute atomic E-state index is 0.0654. The van der Waals surface area contributed by atoms with Crippen LogP contribution in [0.2, 0.25) is 0 Å². The quantitative estimate of drug-likeness (QED) is 0.452. The number of aliphatic imine (C=N–C) groups is 1. The highest BCUT2D eigenvalue weighted by Crippen LogP contribution is 2.66. The highest BCUT2D eigenvalue weighted by molar-refractivity contribution is 8.15. The molecule has 33 heavy (non-hydrogen) atoms. The summed E-state index contributed by atoms with van der Waals surface area (Å²) in [5.74, 6) is 1.90. The largest absolute Gasteiger partial charge is 0.476 e. The summed E-state index contributed by atoms with van der Waals surface area (Å²) in [7, 11) is 1.64. The van der Waals surface area contributed by atoms with E-state index in [-0.39, 0.29) is 22.2 Å². The van der Waals surface area contributed by atoms with E-state index in [1.54, 1.807) is 13.2 Å². The van der Waals surface area contributed by atoms with Crippen LogP contribution in [0, 0.1) is 24.1 Å². The van der Waals surface area contributed by atoms with Crippen LogP contribution in [0.15, 0.2) is 35.6 Å². The molecule has 2 aromatic rings. The number of halogens is 1. The number of hydrogen-bond acceptors (Lipinski definition) is 8. The van der Waals surface area contributed by atoms with E-state index in [1.807, 2.05) is 6.92 Å². The van der Waals surface area contributed by atoms with E-state index in [0.717, 1.165) is 6.42 Å². The first kappa shape index (κ1) is 23.0. The molecule has 1 aromatic heterocycles. The second-order valence-corrected chi connectivity index (χ2v) is 9.58. The number of thioether (sulfide) groups is 1. The summed E-state index contributed by atoms with van der Waals surface area (Å²) in [6.07, 6.45) is 9.09. The van der Waals surface area contributed by atoms with Gasteiger partial charge in [-0.25, -0.2) is 14.4 Å². The van der Waals surface area contributed by atoms with Crippen molar-refractivity contribution in [1.82, 2.24) is 9.97 Å². The zero-order chi connectivity index (χ0) is 23.6. The van der Waals surface area contributed by atoms with E-state index >= 15 is 0 Å². The van der Waals surface area contributed by atoms with E-state index in [4.69, 9.17) is 21.6 Å². The predicted octanol–water partition coefficient (Wildman–Crippen LogP) is 2.95. The molecule has 10 heteroatoms. The van der Waals surface area contributed by atoms with Crippen molar-refractivity contribution in [3.05, 3.63) is 47.7 Å². The molecule has 0 bridgehead atoms. The summed E-state index contributed by atoms with van der Waals surface area (Å²) < 4.78 is 25.5. The fourth-order valence-electron chi connectivity index (χ4n) is 4.24. The van der Waals surface area contributed by atoms with Crippen LogP contribution in [0.25, 0.3) is 0 Å². The monoisotopic (exact) mass is 469 g/mol. The van der Waals surface area contributed by atoms with Gasteiger partial charge >= 0.3 is 0 Å². The summed E-state index contributed by atoms with van der Waals surface area (Å²) in [5.41, 5.74) is 6.12. The summed E-state index contributed by atoms with van der Waals surface area (Å²) in [6.45, 7) is 2.69. The van der Waals surface area contributed by atoms with E-state index in [0.29, 0.717) is 36.1 Å². The van der Waals surface area contributed by atoms with Crippen molar-refractivity contribution in [1.29, 1.82) is 0 Å². The fraction of sp³-hybridized carbons (Fsp3) is 0.391. The molecule has 0 unspecified atom stereocenters. The first-order valence-electron chi connectivity index (χ1n) is 10.3. The number of benzene rings is 1. The number of nitrogens with two attached hydrogens (primary N) is 1. The molecule has 3 atom stereocenters. The number of nitrogens with zero attached hydrogens (tertiary/aromatic N) is 3. The number of methoxy groups -OCH3 is 1. The third kappa shape index (κ3) is 4.51. The number of aromatic nitrogens is 2. The topological polar surface area (TPSA) is 112 Å². The number of fused-ring (bicyclic) bond motifs is 1. The van der Waals surface area contributed by atoms with Gasteiger partial charge in [-0.05, 0) is 31.5 Å². The van der Waals surface area contributed by atoms with Gasteiger partial charge in [0.15, 0.2) is 5.17 Å². The average molecular weight is 470 g/mol. The maximum Gasteiger partial charge on any atom is 0.275 e. The standard InChI is InChI=1S/C23H24FN5O3S/c1-4-5-8-32-19-12-26-17(11-27-19)20(30)28-14-6-7-16(24)15(9-14)22(2)18-10-23(18,13-31-3)33-21(25)29-22/h1,6-7,9,11-12,18H,5,8,10,13H2,2-3H3,(H2,25,29)(H,28,30)/t18-,22-,23+/m0/s1. The summed E-state index contributed by atoms with van der Waals surface area (Å²) in [5, 5.41) is 3.14. The van der Waals surface area contributed by atoms with Gasteiger partial charge in [0, 0.05) is 30.7 Å². The number of carbonyl (C=O) groups excluding carboxylic acids is 1. The Labute approximate surface area is 195 Å². The Bertz CT molecular complexity index is 1140. The van der Waals surface area contributed by atoms with Crippen LogP contribution in [-0.4, -0.2) is 46.1 Å². The molecule has 0 radical (unpaired) electrons. The van der Waals surface area contributed by atoms with Crippen LogP contribution in [0.3, 0.4) is 0 Å². The summed E-state index contributed by atoms with van der Waals surface area (Å²) in [4.78, 5) is 25.4. The zero-order valence-electron chi connectivity index (χ0n) is 18.3. The van der Waals surface area contributed by atoms with Crippen molar-refractivity contribution in [3.8, 4) is 18.2 Å². The lowest BCUT2D eigenvalue weighted by Crippen LogP contribution is -2.37. The number of hydrogen-bond donors (Lipinski definition) is 2. The molecular weight excluding hydrogens is 445 g/mol. The van der Waals surface area contributed by atoms with E-state index in [2.05, 4.69) is 26.2 Å². The van der Waals surface area contributed by atoms with Crippen LogP contribution >= 0.6 is 11.8 Å². The van der Waals surface area contributed by atoms with Gasteiger partial charge in [0.2, 0.25) is 5.88 Å². The van der Waals surface area contributed by atoms with Gasteiger partial charge in [0.25, 0.3) is 5.91 Å². The van der Waals surface area contributed by atoms with Crippen molar-refractivity contribution < 1.29 is 18.7 Å². The van der Waals surface area contributed by atoms with Gasteiger partial charge in [-0.3, -0.25) is 9.79 Å². The first-order chi connectivity index (χ1) is 15.8. The molecule has 1 aliphatic carbocycles. The highest BCUT2D eigenvalue weighted by Gasteiger charge is 2.66. The molecule has 1 saturated carbocycles. The molecule has 4 rings (SSSR count). The van der Waals surface area contributed by atoms with Gasteiger partial charge in [-0.2, -0.15) is 0 Å². The highest BCUT2D eigenvalue weighted by atomic mass is 32.2. The molecule has 8 nitrogen and oxygen atoms in total. The Hall–Kier alpha value is -3.16. The molecule has 3 N–H and O–H groups in total. The van der Waals surface area contributed by atoms with Gasteiger partial charge in [-0.1, -0.05) is 11.8 Å². The van der Waals surface area contributed by atoms with Crippen LogP contribution in [0.5, 0.6) is 5.88 Å². The molecule has 1 aromatic carbocycles. The third-order valence-corrected chi connectivity index (χ3v) is 7.14. The maximum absolute atomic E-state index is 15.0. The molecule has 0 spiro atoms. The molecule has 2 aliphatic rings. The first-order valence-corrected chi connectivity index (χ1v) is 11.2. The van der Waals surface area contributed by atoms with Crippen molar-refractivity contribution >= 4 is 28.5 Å². The van der Waals surface area contributed by atoms with Crippen molar-refractivity contribution in [2.45, 2.75) is 30.1 Å². The Kier molecular flexibility index (Phi) is 6.28. The Morgan fingerprint density at radius 2 is 2.24 bits per heavy atom. The Balaban J connectivity index is 1.53. The normalized spacial score (nSPS) is 25.4. The van der Waals surface area contributed by atoms with Crippen molar-refractivity contribution in [2.24, 2.45) is 16.6 Å². The van der Waals surface area contributed by atoms with E-state index in [9.17, 15) is 9.18 Å². The number of amides is 1. The minimum Gasteiger partial charge on any atom is -0.476 e. The number of amidine groups is 1. The summed E-state index contributed by atoms with van der Waals surface area (Å²) in [6, 6.07) is 4.41. The van der Waals surface area contributed by atoms with Crippen molar-refractivity contribution in [2.75, 3.05) is 25.6 Å². The maximum atomic E-state index is 15.0. The van der Waals surface area contributed by atoms with Gasteiger partial charge < -0.3 is 20.5 Å². The zero-order valence-corrected chi connectivity index (χ0v) is 19.1. The lowest BCUT2D eigenvalue weighted by atomic mass is 9.85. The van der Waals surface area contributed by atoms with E-state index in [1.165, 1.54) is 36.3 Å². The lowest BCUT2D eigenvalue weighted by Gasteiger charge is -2.34. The predicted molar refractivity (Wildman–Crippen MR) is 125 cm³/mol. The van der Waals surface area contributed by atoms with E-state index < -0.39 is 17.3 Å². The van der Waals surface area contributed by atoms with Crippen LogP contribution < -0.4 is 15.8 Å². The smallest absolute Gasteiger partial charge is 0.275 e. The Morgan fingerprint density at radius 3 is 2.94 bits per heavy atom. The molecule has 1 amide bonds. The van der Waals surface area contributed by atoms with Crippen LogP contribution in [0.4, 0.5) is 10.1 Å². The van der Waals surface area contributed by atoms with Crippen LogP contribution in [0.1, 0.15) is 35.8 Å². The molecule has 1 aliphatic heterocycles. The molecule has 0 saturated heterocycles. The number of terminal acetylenes is 1. The SMILES string of the molecule is C#CCCOc1cnc(C(=O)Nc2ccc(F)c([C@]3(C)N=C(N)S[C@@]4(COC)C[C@H]43)c2)cn1. The Morgan fingerprint density at radius 1 is 1.42 bits per heavy atom. The number of nitrogens with one attached hydrogen (secondary N) is 1. The molecule has 172 valence electrons. The third-order valence-electron chi connectivity index (χ3n) is 5.87. The second-order valence-electron chi connectivity index (χ2n) is 8.15. The minimum atomic E-state index is -0.865. The number of anilines is 1.